The molecule has 1 aliphatic rings. The van der Waals surface area contributed by atoms with Crippen molar-refractivity contribution in [1.82, 2.24) is 4.90 Å². The molecule has 0 aromatic carbocycles. The molecule has 0 aromatic rings. The van der Waals surface area contributed by atoms with Crippen molar-refractivity contribution in [3.05, 3.63) is 0 Å². The fraction of sp³-hybridized carbons (Fsp3) is 0.750. The Morgan fingerprint density at radius 2 is 2.27 bits per heavy atom. The van der Waals surface area contributed by atoms with E-state index < -0.39 is 0 Å². The van der Waals surface area contributed by atoms with Gasteiger partial charge in [-0.05, 0) is 12.3 Å². The van der Waals surface area contributed by atoms with Gasteiger partial charge in [-0.1, -0.05) is 13.3 Å². The molecule has 0 spiro atoms. The summed E-state index contributed by atoms with van der Waals surface area (Å²) in [5, 5.41) is 0. The van der Waals surface area contributed by atoms with Crippen molar-refractivity contribution in [2.45, 2.75) is 25.8 Å². The number of likely N-dealkylation sites (tertiary alicyclic amines) is 1. The first kappa shape index (κ1) is 8.24. The fourth-order valence-electron chi connectivity index (χ4n) is 1.54. The molecule has 1 aliphatic heterocycles. The minimum atomic E-state index is -0.155. The Hall–Kier alpha value is -0.860. The third-order valence-corrected chi connectivity index (χ3v) is 2.34. The molecule has 1 amide bonds. The second kappa shape index (κ2) is 3.51. The lowest BCUT2D eigenvalue weighted by Gasteiger charge is -2.12. The predicted octanol–water partition coefficient (Wildman–Crippen LogP) is 0.442. The molecule has 0 aliphatic carbocycles. The zero-order chi connectivity index (χ0) is 8.27. The van der Waals surface area contributed by atoms with Crippen molar-refractivity contribution in [2.75, 3.05) is 6.54 Å². The number of hydrogen-bond acceptors (Lipinski definition) is 2. The van der Waals surface area contributed by atoms with E-state index in [4.69, 9.17) is 0 Å². The maximum absolute atomic E-state index is 10.4. The van der Waals surface area contributed by atoms with Crippen LogP contribution in [0.1, 0.15) is 19.8 Å². The van der Waals surface area contributed by atoms with Crippen LogP contribution < -0.4 is 0 Å². The summed E-state index contributed by atoms with van der Waals surface area (Å²) < 4.78 is 0. The van der Waals surface area contributed by atoms with E-state index in [0.29, 0.717) is 5.92 Å². The molecule has 3 heteroatoms. The number of carbonyl (C=O) groups is 2. The zero-order valence-electron chi connectivity index (χ0n) is 6.69. The van der Waals surface area contributed by atoms with Gasteiger partial charge in [-0.25, -0.2) is 0 Å². The lowest BCUT2D eigenvalue weighted by atomic mass is 10.0. The standard InChI is InChI=1S/C8H13NO2/c1-2-7-3-8(5-10)9(4-7)6-11/h5-8H,2-4H2,1H3. The van der Waals surface area contributed by atoms with Crippen LogP contribution in [0.25, 0.3) is 0 Å². The van der Waals surface area contributed by atoms with Gasteiger partial charge in [0.2, 0.25) is 6.41 Å². The van der Waals surface area contributed by atoms with E-state index in [1.165, 1.54) is 0 Å². The Labute approximate surface area is 66.4 Å². The van der Waals surface area contributed by atoms with Crippen molar-refractivity contribution in [1.29, 1.82) is 0 Å². The van der Waals surface area contributed by atoms with Gasteiger partial charge < -0.3 is 9.69 Å². The van der Waals surface area contributed by atoms with E-state index >= 15 is 0 Å². The quantitative estimate of drug-likeness (QED) is 0.555. The van der Waals surface area contributed by atoms with E-state index in [-0.39, 0.29) is 6.04 Å². The van der Waals surface area contributed by atoms with Crippen LogP contribution in [-0.4, -0.2) is 30.2 Å². The summed E-state index contributed by atoms with van der Waals surface area (Å²) in [6.07, 6.45) is 3.53. The molecule has 0 radical (unpaired) electrons. The van der Waals surface area contributed by atoms with Crippen LogP contribution in [0.5, 0.6) is 0 Å². The lowest BCUT2D eigenvalue weighted by molar-refractivity contribution is -0.123. The first-order chi connectivity index (χ1) is 5.31. The Morgan fingerprint density at radius 1 is 1.55 bits per heavy atom. The van der Waals surface area contributed by atoms with Gasteiger partial charge in [0.1, 0.15) is 6.29 Å². The smallest absolute Gasteiger partial charge is 0.210 e. The third-order valence-electron chi connectivity index (χ3n) is 2.34. The van der Waals surface area contributed by atoms with Gasteiger partial charge in [-0.2, -0.15) is 0 Å². The van der Waals surface area contributed by atoms with Gasteiger partial charge in [0.05, 0.1) is 6.04 Å². The molecule has 2 atom stereocenters. The first-order valence-electron chi connectivity index (χ1n) is 3.98. The maximum Gasteiger partial charge on any atom is 0.210 e. The van der Waals surface area contributed by atoms with Crippen LogP contribution in [0.15, 0.2) is 0 Å². The zero-order valence-corrected chi connectivity index (χ0v) is 6.69. The Balaban J connectivity index is 2.53. The van der Waals surface area contributed by atoms with Crippen LogP contribution >= 0.6 is 0 Å². The fourth-order valence-corrected chi connectivity index (χ4v) is 1.54. The predicted molar refractivity (Wildman–Crippen MR) is 41.0 cm³/mol. The molecule has 0 bridgehead atoms. The molecule has 11 heavy (non-hydrogen) atoms. The number of carbonyl (C=O) groups excluding carboxylic acids is 2. The van der Waals surface area contributed by atoms with Gasteiger partial charge in [-0.15, -0.1) is 0 Å². The highest BCUT2D eigenvalue weighted by Gasteiger charge is 2.29. The summed E-state index contributed by atoms with van der Waals surface area (Å²) in [4.78, 5) is 22.4. The van der Waals surface area contributed by atoms with Crippen LogP contribution in [-0.2, 0) is 9.59 Å². The van der Waals surface area contributed by atoms with E-state index in [1.807, 2.05) is 0 Å². The average molecular weight is 155 g/mol. The van der Waals surface area contributed by atoms with Gasteiger partial charge in [0.15, 0.2) is 0 Å². The van der Waals surface area contributed by atoms with Crippen molar-refractivity contribution in [3.63, 3.8) is 0 Å². The van der Waals surface area contributed by atoms with Crippen molar-refractivity contribution in [3.8, 4) is 0 Å². The number of nitrogens with zero attached hydrogens (tertiary/aromatic N) is 1. The van der Waals surface area contributed by atoms with Crippen molar-refractivity contribution < 1.29 is 9.59 Å². The molecule has 62 valence electrons. The monoisotopic (exact) mass is 155 g/mol. The highest BCUT2D eigenvalue weighted by molar-refractivity contribution is 5.64. The summed E-state index contributed by atoms with van der Waals surface area (Å²) in [6.45, 7) is 2.84. The maximum atomic E-state index is 10.4. The summed E-state index contributed by atoms with van der Waals surface area (Å²) in [5.74, 6) is 0.524. The van der Waals surface area contributed by atoms with Crippen molar-refractivity contribution in [2.24, 2.45) is 5.92 Å². The lowest BCUT2D eigenvalue weighted by Crippen LogP contribution is -2.28. The molecule has 1 rings (SSSR count). The molecule has 0 aromatic heterocycles. The van der Waals surface area contributed by atoms with Crippen LogP contribution in [0.4, 0.5) is 0 Å². The van der Waals surface area contributed by atoms with Crippen LogP contribution in [0.3, 0.4) is 0 Å². The van der Waals surface area contributed by atoms with E-state index in [1.54, 1.807) is 4.90 Å². The second-order valence-corrected chi connectivity index (χ2v) is 3.02. The Bertz CT molecular complexity index is 142. The molecule has 1 heterocycles. The molecule has 1 saturated heterocycles. The highest BCUT2D eigenvalue weighted by atomic mass is 16.1. The van der Waals surface area contributed by atoms with E-state index in [2.05, 4.69) is 6.92 Å². The largest absolute Gasteiger partial charge is 0.335 e. The van der Waals surface area contributed by atoms with E-state index in [9.17, 15) is 9.59 Å². The molecule has 0 N–H and O–H groups in total. The van der Waals surface area contributed by atoms with Gasteiger partial charge in [0, 0.05) is 6.54 Å². The van der Waals surface area contributed by atoms with Crippen LogP contribution in [0.2, 0.25) is 0 Å². The Kier molecular flexibility index (Phi) is 2.63. The number of amides is 1. The third kappa shape index (κ3) is 1.59. The van der Waals surface area contributed by atoms with Gasteiger partial charge >= 0.3 is 0 Å². The van der Waals surface area contributed by atoms with E-state index in [0.717, 1.165) is 32.1 Å². The highest BCUT2D eigenvalue weighted by Crippen LogP contribution is 2.22. The molecule has 2 unspecified atom stereocenters. The summed E-state index contributed by atoms with van der Waals surface area (Å²) in [6, 6.07) is -0.155. The van der Waals surface area contributed by atoms with Gasteiger partial charge in [0.25, 0.3) is 0 Å². The Morgan fingerprint density at radius 3 is 2.64 bits per heavy atom. The molecular weight excluding hydrogens is 142 g/mol. The topological polar surface area (TPSA) is 37.4 Å². The SMILES string of the molecule is CCC1CC(C=O)N(C=O)C1. The number of aldehydes is 1. The minimum absolute atomic E-state index is 0.155. The normalized spacial score (nSPS) is 30.5. The molecular formula is C8H13NO2. The summed E-state index contributed by atoms with van der Waals surface area (Å²) in [7, 11) is 0. The first-order valence-corrected chi connectivity index (χ1v) is 3.98. The minimum Gasteiger partial charge on any atom is -0.335 e. The molecule has 1 fully saturated rings. The van der Waals surface area contributed by atoms with Crippen molar-refractivity contribution >= 4 is 12.7 Å². The number of hydrogen-bond donors (Lipinski definition) is 0. The average Bonchev–Trinajstić information content (AvgIpc) is 2.46. The summed E-state index contributed by atoms with van der Waals surface area (Å²) >= 11 is 0. The van der Waals surface area contributed by atoms with Gasteiger partial charge in [-0.3, -0.25) is 4.79 Å². The number of rotatable bonds is 3. The summed E-state index contributed by atoms with van der Waals surface area (Å²) in [5.41, 5.74) is 0. The van der Waals surface area contributed by atoms with Crippen LogP contribution in [0, 0.1) is 5.92 Å². The molecule has 0 saturated carbocycles. The second-order valence-electron chi connectivity index (χ2n) is 3.02. The molecule has 3 nitrogen and oxygen atoms in total.